The van der Waals surface area contributed by atoms with Crippen LogP contribution in [-0.2, 0) is 6.54 Å². The van der Waals surface area contributed by atoms with Gasteiger partial charge in [0.2, 0.25) is 0 Å². The van der Waals surface area contributed by atoms with Gasteiger partial charge in [0.15, 0.2) is 5.82 Å². The average Bonchev–Trinajstić information content (AvgIpc) is 2.99. The van der Waals surface area contributed by atoms with Crippen LogP contribution in [-0.4, -0.2) is 14.5 Å². The van der Waals surface area contributed by atoms with Crippen LogP contribution >= 0.6 is 0 Å². The standard InChI is InChI=1S/C19H14FN3/c20-16-9-5-4-8-15(16)19-21-17-10-11-23(13-18(17)22-19)12-14-6-2-1-3-7-14/h1-11,13H,12H2. The fraction of sp³-hybridized carbons (Fsp3) is 0.0526. The molecule has 112 valence electrons. The summed E-state index contributed by atoms with van der Waals surface area (Å²) in [6.07, 6.45) is 3.91. The molecule has 0 atom stereocenters. The van der Waals surface area contributed by atoms with Crippen LogP contribution in [0.3, 0.4) is 0 Å². The molecule has 2 aromatic carbocycles. The van der Waals surface area contributed by atoms with Gasteiger partial charge in [0, 0.05) is 18.9 Å². The number of rotatable bonds is 3. The molecule has 0 saturated heterocycles. The third kappa shape index (κ3) is 2.71. The van der Waals surface area contributed by atoms with Crippen LogP contribution < -0.4 is 0 Å². The third-order valence-electron chi connectivity index (χ3n) is 3.75. The summed E-state index contributed by atoms with van der Waals surface area (Å²) in [6, 6.07) is 18.7. The van der Waals surface area contributed by atoms with Gasteiger partial charge < -0.3 is 4.57 Å². The average molecular weight is 303 g/mol. The monoisotopic (exact) mass is 303 g/mol. The molecule has 2 aliphatic heterocycles. The highest BCUT2D eigenvalue weighted by atomic mass is 19.1. The van der Waals surface area contributed by atoms with Crippen LogP contribution in [0.2, 0.25) is 0 Å². The first-order valence-corrected chi connectivity index (χ1v) is 7.42. The summed E-state index contributed by atoms with van der Waals surface area (Å²) >= 11 is 0. The Kier molecular flexibility index (Phi) is 3.35. The summed E-state index contributed by atoms with van der Waals surface area (Å²) in [5, 5.41) is 0. The molecule has 2 aromatic rings. The van der Waals surface area contributed by atoms with Crippen molar-refractivity contribution >= 4 is 0 Å². The van der Waals surface area contributed by atoms with Gasteiger partial charge in [-0.25, -0.2) is 14.4 Å². The van der Waals surface area contributed by atoms with Gasteiger partial charge in [-0.05, 0) is 23.8 Å². The molecule has 0 spiro atoms. The van der Waals surface area contributed by atoms with Crippen molar-refractivity contribution in [2.24, 2.45) is 0 Å². The van der Waals surface area contributed by atoms with E-state index < -0.39 is 0 Å². The Labute approximate surface area is 133 Å². The van der Waals surface area contributed by atoms with Crippen molar-refractivity contribution in [3.63, 3.8) is 0 Å². The molecule has 3 nitrogen and oxygen atoms in total. The zero-order valence-corrected chi connectivity index (χ0v) is 12.4. The maximum absolute atomic E-state index is 13.9. The number of aromatic nitrogens is 3. The lowest BCUT2D eigenvalue weighted by Crippen LogP contribution is -2.00. The zero-order valence-electron chi connectivity index (χ0n) is 12.4. The van der Waals surface area contributed by atoms with Crippen LogP contribution in [0.25, 0.3) is 22.8 Å². The maximum Gasteiger partial charge on any atom is 0.163 e. The van der Waals surface area contributed by atoms with E-state index in [1.54, 1.807) is 18.2 Å². The van der Waals surface area contributed by atoms with Crippen LogP contribution in [0.15, 0.2) is 73.1 Å². The van der Waals surface area contributed by atoms with Gasteiger partial charge in [0.05, 0.1) is 11.3 Å². The molecule has 4 heteroatoms. The van der Waals surface area contributed by atoms with Gasteiger partial charge in [-0.15, -0.1) is 0 Å². The van der Waals surface area contributed by atoms with Crippen LogP contribution in [0.5, 0.6) is 0 Å². The van der Waals surface area contributed by atoms with Gasteiger partial charge in [0.1, 0.15) is 11.5 Å². The van der Waals surface area contributed by atoms with Crippen molar-refractivity contribution in [2.45, 2.75) is 6.54 Å². The maximum atomic E-state index is 13.9. The summed E-state index contributed by atoms with van der Waals surface area (Å²) in [5.74, 6) is 0.121. The predicted molar refractivity (Wildman–Crippen MR) is 87.6 cm³/mol. The minimum Gasteiger partial charge on any atom is -0.348 e. The Bertz CT molecular complexity index is 915. The topological polar surface area (TPSA) is 30.7 Å². The molecule has 0 saturated carbocycles. The summed E-state index contributed by atoms with van der Waals surface area (Å²) in [4.78, 5) is 8.90. The van der Waals surface area contributed by atoms with E-state index in [4.69, 9.17) is 0 Å². The molecular formula is C19H14FN3. The van der Waals surface area contributed by atoms with Gasteiger partial charge in [-0.3, -0.25) is 0 Å². The highest BCUT2D eigenvalue weighted by Crippen LogP contribution is 2.26. The molecular weight excluding hydrogens is 289 g/mol. The van der Waals surface area contributed by atoms with E-state index in [2.05, 4.69) is 26.7 Å². The molecule has 2 aliphatic rings. The molecule has 0 aliphatic carbocycles. The fourth-order valence-electron chi connectivity index (χ4n) is 2.61. The van der Waals surface area contributed by atoms with Crippen LogP contribution in [0.4, 0.5) is 4.39 Å². The predicted octanol–water partition coefficient (Wildman–Crippen LogP) is 4.24. The SMILES string of the molecule is Fc1ccccc1-c1nc2ccn(Cc3ccccc3)cc-2n1. The second kappa shape index (κ2) is 5.65. The van der Waals surface area contributed by atoms with E-state index in [1.165, 1.54) is 11.6 Å². The number of hydrogen-bond acceptors (Lipinski definition) is 2. The minimum atomic E-state index is -0.306. The number of hydrogen-bond donors (Lipinski definition) is 0. The Morgan fingerprint density at radius 1 is 0.826 bits per heavy atom. The summed E-state index contributed by atoms with van der Waals surface area (Å²) in [5.41, 5.74) is 3.18. The molecule has 0 N–H and O–H groups in total. The van der Waals surface area contributed by atoms with E-state index in [0.717, 1.165) is 17.9 Å². The van der Waals surface area contributed by atoms with Crippen molar-refractivity contribution < 1.29 is 4.39 Å². The number of imidazole rings is 1. The lowest BCUT2D eigenvalue weighted by molar-refractivity contribution is 0.630. The lowest BCUT2D eigenvalue weighted by atomic mass is 10.2. The first kappa shape index (κ1) is 13.6. The number of pyridine rings is 1. The van der Waals surface area contributed by atoms with Crippen LogP contribution in [0, 0.1) is 5.82 Å². The number of nitrogens with zero attached hydrogens (tertiary/aromatic N) is 3. The second-order valence-electron chi connectivity index (χ2n) is 5.40. The molecule has 0 amide bonds. The van der Waals surface area contributed by atoms with E-state index >= 15 is 0 Å². The van der Waals surface area contributed by atoms with Crippen molar-refractivity contribution in [1.82, 2.24) is 14.5 Å². The van der Waals surface area contributed by atoms with Gasteiger partial charge in [-0.2, -0.15) is 0 Å². The second-order valence-corrected chi connectivity index (χ2v) is 5.40. The Balaban J connectivity index is 1.71. The molecule has 0 bridgehead atoms. The fourth-order valence-corrected chi connectivity index (χ4v) is 2.61. The first-order chi connectivity index (χ1) is 11.3. The van der Waals surface area contributed by atoms with E-state index in [1.807, 2.05) is 36.7 Å². The first-order valence-electron chi connectivity index (χ1n) is 7.42. The number of halogens is 1. The molecule has 0 unspecified atom stereocenters. The third-order valence-corrected chi connectivity index (χ3v) is 3.75. The normalized spacial score (nSPS) is 11.0. The molecule has 23 heavy (non-hydrogen) atoms. The number of fused-ring (bicyclic) bond motifs is 1. The smallest absolute Gasteiger partial charge is 0.163 e. The molecule has 0 aromatic heterocycles. The van der Waals surface area contributed by atoms with Gasteiger partial charge in [-0.1, -0.05) is 42.5 Å². The minimum absolute atomic E-state index is 0.306. The highest BCUT2D eigenvalue weighted by molar-refractivity contribution is 5.65. The van der Waals surface area contributed by atoms with E-state index in [0.29, 0.717) is 11.4 Å². The van der Waals surface area contributed by atoms with E-state index in [9.17, 15) is 4.39 Å². The lowest BCUT2D eigenvalue weighted by Gasteiger charge is -2.07. The summed E-state index contributed by atoms with van der Waals surface area (Å²) < 4.78 is 15.9. The Morgan fingerprint density at radius 2 is 1.57 bits per heavy atom. The molecule has 2 heterocycles. The van der Waals surface area contributed by atoms with Crippen molar-refractivity contribution in [1.29, 1.82) is 0 Å². The van der Waals surface area contributed by atoms with Gasteiger partial charge in [0.25, 0.3) is 0 Å². The van der Waals surface area contributed by atoms with Gasteiger partial charge >= 0.3 is 0 Å². The quantitative estimate of drug-likeness (QED) is 0.567. The Morgan fingerprint density at radius 3 is 2.39 bits per heavy atom. The highest BCUT2D eigenvalue weighted by Gasteiger charge is 2.15. The summed E-state index contributed by atoms with van der Waals surface area (Å²) in [6.45, 7) is 0.763. The molecule has 0 radical (unpaired) electrons. The van der Waals surface area contributed by atoms with Crippen LogP contribution in [0.1, 0.15) is 5.56 Å². The Hall–Kier alpha value is -3.01. The largest absolute Gasteiger partial charge is 0.348 e. The van der Waals surface area contributed by atoms with Crippen molar-refractivity contribution in [3.8, 4) is 22.8 Å². The zero-order chi connectivity index (χ0) is 15.6. The van der Waals surface area contributed by atoms with Crippen molar-refractivity contribution in [3.05, 3.63) is 84.4 Å². The molecule has 0 fully saturated rings. The number of benzene rings is 2. The van der Waals surface area contributed by atoms with E-state index in [-0.39, 0.29) is 5.82 Å². The molecule has 4 rings (SSSR count). The van der Waals surface area contributed by atoms with Crippen molar-refractivity contribution in [2.75, 3.05) is 0 Å². The summed E-state index contributed by atoms with van der Waals surface area (Å²) in [7, 11) is 0.